The molecular formula is C6H7IN2. The molecule has 0 aliphatic rings. The molecule has 0 aliphatic carbocycles. The number of hydrogen-bond acceptors (Lipinski definition) is 1. The Morgan fingerprint density at radius 3 is 3.00 bits per heavy atom. The monoisotopic (exact) mass is 234 g/mol. The normalized spacial score (nSPS) is 10.9. The summed E-state index contributed by atoms with van der Waals surface area (Å²) in [6, 6.07) is 0. The minimum absolute atomic E-state index is 1.15. The maximum absolute atomic E-state index is 4.00. The number of hydrogen-bond donors (Lipinski definition) is 0. The van der Waals surface area contributed by atoms with Gasteiger partial charge in [-0.05, 0) is 10.2 Å². The number of aromatic nitrogens is 2. The van der Waals surface area contributed by atoms with Gasteiger partial charge in [0, 0.05) is 18.8 Å². The van der Waals surface area contributed by atoms with Crippen LogP contribution >= 0.6 is 22.6 Å². The molecule has 0 fully saturated rings. The summed E-state index contributed by atoms with van der Waals surface area (Å²) in [6.07, 6.45) is 5.80. The Morgan fingerprint density at radius 2 is 2.56 bits per heavy atom. The first-order chi connectivity index (χ1) is 4.33. The second-order valence-electron chi connectivity index (χ2n) is 1.74. The van der Waals surface area contributed by atoms with E-state index in [2.05, 4.69) is 27.7 Å². The van der Waals surface area contributed by atoms with Crippen molar-refractivity contribution >= 4 is 28.7 Å². The van der Waals surface area contributed by atoms with Crippen LogP contribution in [0.2, 0.25) is 0 Å². The van der Waals surface area contributed by atoms with E-state index >= 15 is 0 Å². The average molecular weight is 234 g/mol. The van der Waals surface area contributed by atoms with Crippen LogP contribution in [0.3, 0.4) is 0 Å². The smallest absolute Gasteiger partial charge is 0.0562 e. The fraction of sp³-hybridized carbons (Fsp3) is 0.167. The zero-order chi connectivity index (χ0) is 6.69. The molecule has 0 spiro atoms. The van der Waals surface area contributed by atoms with Crippen molar-refractivity contribution in [2.45, 2.75) is 0 Å². The van der Waals surface area contributed by atoms with Crippen LogP contribution in [0, 0.1) is 0 Å². The zero-order valence-electron chi connectivity index (χ0n) is 5.08. The lowest BCUT2D eigenvalue weighted by Gasteiger charge is -1.79. The molecular weight excluding hydrogens is 227 g/mol. The Bertz CT molecular complexity index is 215. The van der Waals surface area contributed by atoms with Crippen LogP contribution in [-0.4, -0.2) is 9.78 Å². The summed E-state index contributed by atoms with van der Waals surface area (Å²) in [6.45, 7) is 0. The summed E-state index contributed by atoms with van der Waals surface area (Å²) < 4.78 is 3.75. The molecule has 0 N–H and O–H groups in total. The minimum Gasteiger partial charge on any atom is -0.275 e. The van der Waals surface area contributed by atoms with E-state index in [1.165, 1.54) is 0 Å². The Labute approximate surface area is 67.7 Å². The molecule has 0 atom stereocenters. The molecule has 1 rings (SSSR count). The van der Waals surface area contributed by atoms with E-state index in [1.807, 2.05) is 29.6 Å². The highest BCUT2D eigenvalue weighted by atomic mass is 127. The van der Waals surface area contributed by atoms with Gasteiger partial charge in [0.25, 0.3) is 0 Å². The van der Waals surface area contributed by atoms with Gasteiger partial charge >= 0.3 is 0 Å². The lowest BCUT2D eigenvalue weighted by atomic mass is 10.4. The summed E-state index contributed by atoms with van der Waals surface area (Å²) in [7, 11) is 1.91. The quantitative estimate of drug-likeness (QED) is 0.677. The highest BCUT2D eigenvalue weighted by Crippen LogP contribution is 2.00. The van der Waals surface area contributed by atoms with Gasteiger partial charge in [0.1, 0.15) is 0 Å². The summed E-state index contributed by atoms with van der Waals surface area (Å²) in [4.78, 5) is 0. The van der Waals surface area contributed by atoms with Crippen molar-refractivity contribution in [3.63, 3.8) is 0 Å². The van der Waals surface area contributed by atoms with Crippen LogP contribution in [0.25, 0.3) is 6.08 Å². The van der Waals surface area contributed by atoms with Gasteiger partial charge in [-0.2, -0.15) is 5.10 Å². The van der Waals surface area contributed by atoms with Crippen LogP contribution in [0.15, 0.2) is 16.5 Å². The summed E-state index contributed by atoms with van der Waals surface area (Å²) in [5.41, 5.74) is 1.15. The molecule has 3 heteroatoms. The lowest BCUT2D eigenvalue weighted by molar-refractivity contribution is 0.767. The molecule has 0 aliphatic heterocycles. The molecule has 0 saturated carbocycles. The fourth-order valence-electron chi connectivity index (χ4n) is 0.599. The first kappa shape index (κ1) is 6.80. The van der Waals surface area contributed by atoms with Gasteiger partial charge in [-0.1, -0.05) is 22.6 Å². The summed E-state index contributed by atoms with van der Waals surface area (Å²) in [5, 5.41) is 4.00. The standard InChI is InChI=1S/C6H7IN2/c1-9-5-6(2-3-7)4-8-9/h2-5H,1H3. The first-order valence-corrected chi connectivity index (χ1v) is 3.83. The van der Waals surface area contributed by atoms with Crippen molar-refractivity contribution in [1.29, 1.82) is 0 Å². The Kier molecular flexibility index (Phi) is 2.27. The van der Waals surface area contributed by atoms with E-state index in [1.54, 1.807) is 4.68 Å². The molecule has 0 saturated heterocycles. The summed E-state index contributed by atoms with van der Waals surface area (Å²) >= 11 is 2.18. The predicted molar refractivity (Wildman–Crippen MR) is 46.3 cm³/mol. The number of aryl methyl sites for hydroxylation is 1. The minimum atomic E-state index is 1.15. The highest BCUT2D eigenvalue weighted by Gasteiger charge is 1.86. The Hall–Kier alpha value is -0.320. The topological polar surface area (TPSA) is 17.8 Å². The van der Waals surface area contributed by atoms with Crippen molar-refractivity contribution in [1.82, 2.24) is 9.78 Å². The maximum atomic E-state index is 4.00. The molecule has 0 bridgehead atoms. The number of halogens is 1. The van der Waals surface area contributed by atoms with Crippen molar-refractivity contribution in [3.05, 3.63) is 22.0 Å². The third kappa shape index (κ3) is 1.82. The molecule has 48 valence electrons. The zero-order valence-corrected chi connectivity index (χ0v) is 7.24. The van der Waals surface area contributed by atoms with Crippen molar-refractivity contribution in [2.24, 2.45) is 7.05 Å². The number of nitrogens with zero attached hydrogens (tertiary/aromatic N) is 2. The molecule has 1 aromatic heterocycles. The third-order valence-electron chi connectivity index (χ3n) is 0.980. The van der Waals surface area contributed by atoms with Gasteiger partial charge in [-0.3, -0.25) is 4.68 Å². The molecule has 0 amide bonds. The fourth-order valence-corrected chi connectivity index (χ4v) is 1.01. The van der Waals surface area contributed by atoms with Gasteiger partial charge in [0.2, 0.25) is 0 Å². The van der Waals surface area contributed by atoms with Crippen LogP contribution in [0.5, 0.6) is 0 Å². The van der Waals surface area contributed by atoms with Crippen LogP contribution < -0.4 is 0 Å². The number of rotatable bonds is 1. The van der Waals surface area contributed by atoms with Crippen LogP contribution in [0.1, 0.15) is 5.56 Å². The molecule has 1 aromatic rings. The van der Waals surface area contributed by atoms with Gasteiger partial charge in [-0.15, -0.1) is 0 Å². The lowest BCUT2D eigenvalue weighted by Crippen LogP contribution is -1.83. The van der Waals surface area contributed by atoms with E-state index in [0.717, 1.165) is 5.56 Å². The second-order valence-corrected chi connectivity index (χ2v) is 2.46. The van der Waals surface area contributed by atoms with Gasteiger partial charge in [-0.25, -0.2) is 0 Å². The predicted octanol–water partition coefficient (Wildman–Crippen LogP) is 1.83. The molecule has 0 aromatic carbocycles. The van der Waals surface area contributed by atoms with E-state index in [0.29, 0.717) is 0 Å². The average Bonchev–Trinajstić information content (AvgIpc) is 2.17. The molecule has 0 radical (unpaired) electrons. The van der Waals surface area contributed by atoms with Crippen LogP contribution in [0.4, 0.5) is 0 Å². The molecule has 2 nitrogen and oxygen atoms in total. The van der Waals surface area contributed by atoms with Gasteiger partial charge in [0.05, 0.1) is 6.20 Å². The van der Waals surface area contributed by atoms with Gasteiger partial charge < -0.3 is 0 Å². The third-order valence-corrected chi connectivity index (χ3v) is 1.34. The second kappa shape index (κ2) is 3.00. The van der Waals surface area contributed by atoms with E-state index in [-0.39, 0.29) is 0 Å². The van der Waals surface area contributed by atoms with E-state index < -0.39 is 0 Å². The van der Waals surface area contributed by atoms with Crippen molar-refractivity contribution in [2.75, 3.05) is 0 Å². The van der Waals surface area contributed by atoms with Crippen molar-refractivity contribution in [3.8, 4) is 0 Å². The summed E-state index contributed by atoms with van der Waals surface area (Å²) in [5.74, 6) is 0. The maximum Gasteiger partial charge on any atom is 0.0562 e. The Balaban J connectivity index is 2.85. The first-order valence-electron chi connectivity index (χ1n) is 2.58. The molecule has 9 heavy (non-hydrogen) atoms. The molecule has 1 heterocycles. The highest BCUT2D eigenvalue weighted by molar-refractivity contribution is 14.1. The van der Waals surface area contributed by atoms with E-state index in [9.17, 15) is 0 Å². The van der Waals surface area contributed by atoms with E-state index in [4.69, 9.17) is 0 Å². The largest absolute Gasteiger partial charge is 0.275 e. The van der Waals surface area contributed by atoms with Crippen molar-refractivity contribution < 1.29 is 0 Å². The molecule has 0 unspecified atom stereocenters. The van der Waals surface area contributed by atoms with Gasteiger partial charge in [0.15, 0.2) is 0 Å². The van der Waals surface area contributed by atoms with Crippen LogP contribution in [-0.2, 0) is 7.05 Å². The SMILES string of the molecule is Cn1cc(C=CI)cn1. The Morgan fingerprint density at radius 1 is 1.78 bits per heavy atom.